The molecule has 1 heterocycles. The van der Waals surface area contributed by atoms with Gasteiger partial charge in [0.15, 0.2) is 0 Å². The molecule has 0 atom stereocenters. The second kappa shape index (κ2) is 6.91. The molecule has 0 bridgehead atoms. The van der Waals surface area contributed by atoms with E-state index in [2.05, 4.69) is 24.0 Å². The standard InChI is InChI=1S/C16H19NO3/c1-13-5-2-3-6-14(13)11-17(9-8-16(18)19)12-15-7-4-10-20-15/h2-7,10H,8-9,11-12H2,1H3,(H,18,19). The largest absolute Gasteiger partial charge is 0.481 e. The first-order chi connectivity index (χ1) is 9.65. The van der Waals surface area contributed by atoms with E-state index in [1.807, 2.05) is 24.3 Å². The Bertz CT molecular complexity index is 549. The topological polar surface area (TPSA) is 53.7 Å². The summed E-state index contributed by atoms with van der Waals surface area (Å²) in [6.45, 7) is 3.91. The minimum atomic E-state index is -0.778. The molecule has 0 aliphatic heterocycles. The van der Waals surface area contributed by atoms with Crippen molar-refractivity contribution in [2.75, 3.05) is 6.54 Å². The highest BCUT2D eigenvalue weighted by molar-refractivity contribution is 5.66. The molecule has 1 aromatic carbocycles. The lowest BCUT2D eigenvalue weighted by atomic mass is 10.1. The maximum absolute atomic E-state index is 10.8. The van der Waals surface area contributed by atoms with Gasteiger partial charge in [-0.2, -0.15) is 0 Å². The first kappa shape index (κ1) is 14.3. The van der Waals surface area contributed by atoms with Crippen LogP contribution in [0.1, 0.15) is 23.3 Å². The van der Waals surface area contributed by atoms with Crippen molar-refractivity contribution in [3.05, 3.63) is 59.5 Å². The second-order valence-corrected chi connectivity index (χ2v) is 4.86. The van der Waals surface area contributed by atoms with Gasteiger partial charge in [-0.25, -0.2) is 0 Å². The van der Waals surface area contributed by atoms with Crippen LogP contribution in [0, 0.1) is 6.92 Å². The van der Waals surface area contributed by atoms with Crippen LogP contribution in [0.5, 0.6) is 0 Å². The number of carbonyl (C=O) groups is 1. The average Bonchev–Trinajstić information content (AvgIpc) is 2.91. The molecule has 1 N–H and O–H groups in total. The Labute approximate surface area is 118 Å². The summed E-state index contributed by atoms with van der Waals surface area (Å²) in [4.78, 5) is 12.9. The van der Waals surface area contributed by atoms with Gasteiger partial charge in [0.2, 0.25) is 0 Å². The predicted octanol–water partition coefficient (Wildman–Crippen LogP) is 3.06. The number of hydrogen-bond donors (Lipinski definition) is 1. The van der Waals surface area contributed by atoms with Crippen molar-refractivity contribution in [1.82, 2.24) is 4.90 Å². The summed E-state index contributed by atoms with van der Waals surface area (Å²) < 4.78 is 5.35. The Hall–Kier alpha value is -2.07. The average molecular weight is 273 g/mol. The first-order valence-electron chi connectivity index (χ1n) is 6.66. The normalized spacial score (nSPS) is 10.9. The van der Waals surface area contributed by atoms with Gasteiger partial charge in [0.1, 0.15) is 5.76 Å². The zero-order valence-corrected chi connectivity index (χ0v) is 11.6. The molecule has 0 spiro atoms. The van der Waals surface area contributed by atoms with Gasteiger partial charge < -0.3 is 9.52 Å². The van der Waals surface area contributed by atoms with Crippen molar-refractivity contribution in [3.63, 3.8) is 0 Å². The van der Waals surface area contributed by atoms with Gasteiger partial charge >= 0.3 is 5.97 Å². The third-order valence-electron chi connectivity index (χ3n) is 3.26. The lowest BCUT2D eigenvalue weighted by Crippen LogP contribution is -2.25. The molecule has 0 fully saturated rings. The van der Waals surface area contributed by atoms with Gasteiger partial charge in [0, 0.05) is 13.1 Å². The molecule has 0 radical (unpaired) electrons. The van der Waals surface area contributed by atoms with Crippen molar-refractivity contribution in [2.24, 2.45) is 0 Å². The molecule has 0 amide bonds. The molecule has 1 aromatic heterocycles. The molecular weight excluding hydrogens is 254 g/mol. The molecule has 4 heteroatoms. The molecule has 2 rings (SSSR count). The molecule has 20 heavy (non-hydrogen) atoms. The summed E-state index contributed by atoms with van der Waals surface area (Å²) in [5.74, 6) is 0.0724. The Morgan fingerprint density at radius 2 is 2.00 bits per heavy atom. The van der Waals surface area contributed by atoms with E-state index >= 15 is 0 Å². The Morgan fingerprint density at radius 3 is 2.65 bits per heavy atom. The zero-order chi connectivity index (χ0) is 14.4. The van der Waals surface area contributed by atoms with E-state index in [9.17, 15) is 4.79 Å². The third-order valence-corrected chi connectivity index (χ3v) is 3.26. The van der Waals surface area contributed by atoms with Crippen LogP contribution in [0.3, 0.4) is 0 Å². The minimum absolute atomic E-state index is 0.132. The van der Waals surface area contributed by atoms with Gasteiger partial charge in [0.05, 0.1) is 19.2 Å². The van der Waals surface area contributed by atoms with Crippen molar-refractivity contribution < 1.29 is 14.3 Å². The van der Waals surface area contributed by atoms with E-state index in [1.54, 1.807) is 6.26 Å². The number of nitrogens with zero attached hydrogens (tertiary/aromatic N) is 1. The second-order valence-electron chi connectivity index (χ2n) is 4.86. The summed E-state index contributed by atoms with van der Waals surface area (Å²) in [5.41, 5.74) is 2.43. The summed E-state index contributed by atoms with van der Waals surface area (Å²) in [6.07, 6.45) is 1.77. The maximum atomic E-state index is 10.8. The lowest BCUT2D eigenvalue weighted by molar-refractivity contribution is -0.137. The van der Waals surface area contributed by atoms with Crippen LogP contribution >= 0.6 is 0 Å². The molecule has 0 saturated heterocycles. The predicted molar refractivity (Wildman–Crippen MR) is 76.3 cm³/mol. The van der Waals surface area contributed by atoms with Crippen molar-refractivity contribution in [3.8, 4) is 0 Å². The molecule has 0 saturated carbocycles. The SMILES string of the molecule is Cc1ccccc1CN(CCC(=O)O)Cc1ccco1. The molecule has 0 aliphatic carbocycles. The number of furan rings is 1. The number of carboxylic acid groups (broad SMARTS) is 1. The number of carboxylic acids is 1. The lowest BCUT2D eigenvalue weighted by Gasteiger charge is -2.21. The number of aliphatic carboxylic acids is 1. The van der Waals surface area contributed by atoms with Crippen LogP contribution < -0.4 is 0 Å². The van der Waals surface area contributed by atoms with Crippen molar-refractivity contribution in [2.45, 2.75) is 26.4 Å². The maximum Gasteiger partial charge on any atom is 0.304 e. The van der Waals surface area contributed by atoms with Crippen molar-refractivity contribution >= 4 is 5.97 Å². The highest BCUT2D eigenvalue weighted by Gasteiger charge is 2.11. The summed E-state index contributed by atoms with van der Waals surface area (Å²) >= 11 is 0. The molecule has 0 aliphatic rings. The Morgan fingerprint density at radius 1 is 1.20 bits per heavy atom. The number of aryl methyl sites for hydroxylation is 1. The summed E-state index contributed by atoms with van der Waals surface area (Å²) in [5, 5.41) is 8.86. The van der Waals surface area contributed by atoms with Crippen LogP contribution in [-0.4, -0.2) is 22.5 Å². The van der Waals surface area contributed by atoms with Gasteiger partial charge in [0.25, 0.3) is 0 Å². The third kappa shape index (κ3) is 4.24. The van der Waals surface area contributed by atoms with Crippen LogP contribution in [0.2, 0.25) is 0 Å². The van der Waals surface area contributed by atoms with Gasteiger partial charge in [-0.15, -0.1) is 0 Å². The van der Waals surface area contributed by atoms with Crippen LogP contribution in [-0.2, 0) is 17.9 Å². The van der Waals surface area contributed by atoms with E-state index in [1.165, 1.54) is 11.1 Å². The van der Waals surface area contributed by atoms with E-state index < -0.39 is 5.97 Å². The highest BCUT2D eigenvalue weighted by atomic mass is 16.4. The zero-order valence-electron chi connectivity index (χ0n) is 11.6. The quantitative estimate of drug-likeness (QED) is 0.842. The fourth-order valence-electron chi connectivity index (χ4n) is 2.12. The number of hydrogen-bond acceptors (Lipinski definition) is 3. The smallest absolute Gasteiger partial charge is 0.304 e. The molecule has 106 valence electrons. The van der Waals surface area contributed by atoms with Gasteiger partial charge in [-0.1, -0.05) is 24.3 Å². The minimum Gasteiger partial charge on any atom is -0.481 e. The van der Waals surface area contributed by atoms with Gasteiger partial charge in [-0.3, -0.25) is 9.69 Å². The molecule has 4 nitrogen and oxygen atoms in total. The fourth-order valence-corrected chi connectivity index (χ4v) is 2.12. The number of benzene rings is 1. The van der Waals surface area contributed by atoms with Crippen LogP contribution in [0.4, 0.5) is 0 Å². The Balaban J connectivity index is 2.05. The number of rotatable bonds is 7. The Kier molecular flexibility index (Phi) is 4.96. The van der Waals surface area contributed by atoms with Crippen LogP contribution in [0.25, 0.3) is 0 Å². The molecule has 2 aromatic rings. The first-order valence-corrected chi connectivity index (χ1v) is 6.66. The summed E-state index contributed by atoms with van der Waals surface area (Å²) in [6, 6.07) is 11.9. The molecule has 0 unspecified atom stereocenters. The summed E-state index contributed by atoms with van der Waals surface area (Å²) in [7, 11) is 0. The monoisotopic (exact) mass is 273 g/mol. The van der Waals surface area contributed by atoms with Crippen molar-refractivity contribution in [1.29, 1.82) is 0 Å². The highest BCUT2D eigenvalue weighted by Crippen LogP contribution is 2.14. The van der Waals surface area contributed by atoms with E-state index in [0.29, 0.717) is 13.1 Å². The van der Waals surface area contributed by atoms with E-state index in [0.717, 1.165) is 12.3 Å². The molecular formula is C16H19NO3. The van der Waals surface area contributed by atoms with E-state index in [-0.39, 0.29) is 6.42 Å². The van der Waals surface area contributed by atoms with E-state index in [4.69, 9.17) is 9.52 Å². The van der Waals surface area contributed by atoms with Gasteiger partial charge in [-0.05, 0) is 30.2 Å². The van der Waals surface area contributed by atoms with Crippen LogP contribution in [0.15, 0.2) is 47.1 Å². The fraction of sp³-hybridized carbons (Fsp3) is 0.312.